The predicted octanol–water partition coefficient (Wildman–Crippen LogP) is 12.7. The number of unbranched alkanes of at least 4 members (excludes halogenated alkanes) is 26. The fourth-order valence-corrected chi connectivity index (χ4v) is 7.28. The molecule has 0 radical (unpaired) electrons. The highest BCUT2D eigenvalue weighted by molar-refractivity contribution is 7.47. The summed E-state index contributed by atoms with van der Waals surface area (Å²) in [6, 6.07) is -0.880. The van der Waals surface area contributed by atoms with E-state index >= 15 is 0 Å². The Morgan fingerprint density at radius 1 is 0.593 bits per heavy atom. The summed E-state index contributed by atoms with van der Waals surface area (Å²) in [6.07, 6.45) is 49.1. The Kier molecular flexibility index (Phi) is 40.4. The topological polar surface area (TPSA) is 131 Å². The van der Waals surface area contributed by atoms with Crippen LogP contribution in [0.25, 0.3) is 0 Å². The molecule has 1 amide bonds. The van der Waals surface area contributed by atoms with Gasteiger partial charge in [-0.3, -0.25) is 13.8 Å². The zero-order valence-corrected chi connectivity index (χ0v) is 36.1. The molecule has 0 spiro atoms. The normalized spacial score (nSPS) is 14.4. The van der Waals surface area contributed by atoms with Gasteiger partial charge in [-0.25, -0.2) is 4.57 Å². The van der Waals surface area contributed by atoms with Crippen LogP contribution in [0.5, 0.6) is 0 Å². The Labute approximate surface area is 333 Å². The highest BCUT2D eigenvalue weighted by Gasteiger charge is 2.26. The van der Waals surface area contributed by atoms with Crippen LogP contribution in [0.1, 0.15) is 213 Å². The van der Waals surface area contributed by atoms with E-state index in [1.807, 2.05) is 6.08 Å². The molecule has 0 saturated heterocycles. The summed E-state index contributed by atoms with van der Waals surface area (Å²) in [6.45, 7) is 4.12. The van der Waals surface area contributed by atoms with Gasteiger partial charge in [-0.05, 0) is 44.9 Å². The summed E-state index contributed by atoms with van der Waals surface area (Å²) in [5, 5.41) is 13.7. The van der Waals surface area contributed by atoms with Crippen molar-refractivity contribution in [1.82, 2.24) is 5.32 Å². The molecular formula is C45H87N2O6P. The maximum absolute atomic E-state index is 12.8. The molecule has 0 aromatic carbocycles. The molecule has 0 aromatic heterocycles. The van der Waals surface area contributed by atoms with Gasteiger partial charge in [0.25, 0.3) is 0 Å². The van der Waals surface area contributed by atoms with Crippen molar-refractivity contribution in [3.8, 4) is 0 Å². The molecule has 0 rings (SSSR count). The molecule has 0 aliphatic heterocycles. The summed E-state index contributed by atoms with van der Waals surface area (Å²) in [5.74, 6) is -0.207. The average Bonchev–Trinajstić information content (AvgIpc) is 3.16. The number of phosphoric ester groups is 1. The Morgan fingerprint density at radius 3 is 1.43 bits per heavy atom. The van der Waals surface area contributed by atoms with Crippen molar-refractivity contribution in [2.45, 2.75) is 225 Å². The molecule has 3 unspecified atom stereocenters. The van der Waals surface area contributed by atoms with Gasteiger partial charge in [-0.15, -0.1) is 0 Å². The van der Waals surface area contributed by atoms with Crippen molar-refractivity contribution in [2.75, 3.05) is 19.8 Å². The van der Waals surface area contributed by atoms with E-state index in [1.54, 1.807) is 6.08 Å². The quantitative estimate of drug-likeness (QED) is 0.0275. The van der Waals surface area contributed by atoms with Crippen molar-refractivity contribution in [1.29, 1.82) is 0 Å². The third-order valence-corrected chi connectivity index (χ3v) is 10.9. The van der Waals surface area contributed by atoms with Gasteiger partial charge in [0.05, 0.1) is 25.4 Å². The fourth-order valence-electron chi connectivity index (χ4n) is 6.52. The zero-order chi connectivity index (χ0) is 39.6. The molecule has 54 heavy (non-hydrogen) atoms. The van der Waals surface area contributed by atoms with E-state index in [9.17, 15) is 19.4 Å². The minimum atomic E-state index is -4.35. The second kappa shape index (κ2) is 41.4. The van der Waals surface area contributed by atoms with Crippen LogP contribution in [0.2, 0.25) is 0 Å². The monoisotopic (exact) mass is 783 g/mol. The van der Waals surface area contributed by atoms with Crippen molar-refractivity contribution in [2.24, 2.45) is 5.73 Å². The summed E-state index contributed by atoms with van der Waals surface area (Å²) in [4.78, 5) is 22.7. The number of carbonyl (C=O) groups excluding carboxylic acids is 1. The lowest BCUT2D eigenvalue weighted by Gasteiger charge is -2.23. The Bertz CT molecular complexity index is 943. The second-order valence-corrected chi connectivity index (χ2v) is 16.7. The van der Waals surface area contributed by atoms with E-state index in [1.165, 1.54) is 148 Å². The van der Waals surface area contributed by atoms with E-state index in [2.05, 4.69) is 43.5 Å². The van der Waals surface area contributed by atoms with E-state index in [0.717, 1.165) is 44.9 Å². The van der Waals surface area contributed by atoms with Crippen LogP contribution >= 0.6 is 7.82 Å². The molecule has 0 heterocycles. The van der Waals surface area contributed by atoms with Crippen molar-refractivity contribution in [3.63, 3.8) is 0 Å². The van der Waals surface area contributed by atoms with Crippen molar-refractivity contribution in [3.05, 3.63) is 36.5 Å². The maximum Gasteiger partial charge on any atom is 0.472 e. The summed E-state index contributed by atoms with van der Waals surface area (Å²) in [7, 11) is -4.35. The number of hydrogen-bond donors (Lipinski definition) is 4. The van der Waals surface area contributed by atoms with Gasteiger partial charge in [0.1, 0.15) is 0 Å². The smallest absolute Gasteiger partial charge is 0.387 e. The van der Waals surface area contributed by atoms with Gasteiger partial charge >= 0.3 is 7.82 Å². The number of rotatable bonds is 42. The molecule has 0 bridgehead atoms. The van der Waals surface area contributed by atoms with E-state index in [0.29, 0.717) is 6.42 Å². The number of carbonyl (C=O) groups is 1. The molecule has 318 valence electrons. The molecule has 8 nitrogen and oxygen atoms in total. The Morgan fingerprint density at radius 2 is 0.981 bits per heavy atom. The number of amides is 1. The molecule has 9 heteroatoms. The number of nitrogens with two attached hydrogens (primary N) is 1. The number of phosphoric acid groups is 1. The largest absolute Gasteiger partial charge is 0.472 e. The van der Waals surface area contributed by atoms with Gasteiger partial charge in [0.2, 0.25) is 5.91 Å². The minimum Gasteiger partial charge on any atom is -0.387 e. The summed E-state index contributed by atoms with van der Waals surface area (Å²) >= 11 is 0. The number of allylic oxidation sites excluding steroid dienone is 5. The zero-order valence-electron chi connectivity index (χ0n) is 35.2. The van der Waals surface area contributed by atoms with Crippen LogP contribution in [-0.4, -0.2) is 47.8 Å². The van der Waals surface area contributed by atoms with Crippen molar-refractivity contribution >= 4 is 13.7 Å². The first-order valence-electron chi connectivity index (χ1n) is 22.6. The lowest BCUT2D eigenvalue weighted by atomic mass is 10.0. The van der Waals surface area contributed by atoms with Gasteiger partial charge in [0.15, 0.2) is 0 Å². The standard InChI is InChI=1S/C45H87N2O6P/c1-3-5-7-9-11-13-15-17-19-20-21-22-23-25-26-28-30-32-34-36-38-44(48)43(42-53-54(50,51)52-41-40-46)47-45(49)39-37-35-33-31-29-27-24-18-16-14-12-10-8-6-4-2/h22-23,28,30,36,38,43-44,48H,3-21,24-27,29,31-35,37,39-42,46H2,1-2H3,(H,47,49)(H,50,51)/b23-22+,30-28+,38-36+. The molecule has 0 fully saturated rings. The molecule has 0 saturated carbocycles. The molecule has 0 aliphatic carbocycles. The molecule has 0 aliphatic rings. The number of aliphatic hydroxyl groups excluding tert-OH is 1. The van der Waals surface area contributed by atoms with Gasteiger partial charge < -0.3 is 21.1 Å². The van der Waals surface area contributed by atoms with Crippen LogP contribution in [0.3, 0.4) is 0 Å². The Balaban J connectivity index is 4.26. The summed E-state index contributed by atoms with van der Waals surface area (Å²) < 4.78 is 22.1. The van der Waals surface area contributed by atoms with Crippen LogP contribution in [0, 0.1) is 0 Å². The molecule has 0 aromatic rings. The second-order valence-electron chi connectivity index (χ2n) is 15.2. The lowest BCUT2D eigenvalue weighted by Crippen LogP contribution is -2.45. The average molecular weight is 783 g/mol. The third kappa shape index (κ3) is 39.0. The first-order valence-corrected chi connectivity index (χ1v) is 24.1. The highest BCUT2D eigenvalue weighted by Crippen LogP contribution is 2.43. The first kappa shape index (κ1) is 52.7. The van der Waals surface area contributed by atoms with Crippen LogP contribution in [-0.2, 0) is 18.4 Å². The fraction of sp³-hybridized carbons (Fsp3) is 0.844. The molecule has 3 atom stereocenters. The predicted molar refractivity (Wildman–Crippen MR) is 231 cm³/mol. The SMILES string of the molecule is CCCCCCCCCCCC/C=C/CC/C=C/CC/C=C/C(O)C(COP(=O)(O)OCCN)NC(=O)CCCCCCCCCCCCCCCCC. The van der Waals surface area contributed by atoms with E-state index < -0.39 is 20.0 Å². The van der Waals surface area contributed by atoms with E-state index in [4.69, 9.17) is 14.8 Å². The number of aliphatic hydroxyl groups is 1. The lowest BCUT2D eigenvalue weighted by molar-refractivity contribution is -0.123. The van der Waals surface area contributed by atoms with Crippen LogP contribution in [0.4, 0.5) is 0 Å². The molecular weight excluding hydrogens is 695 g/mol. The molecule has 5 N–H and O–H groups in total. The maximum atomic E-state index is 12.8. The summed E-state index contributed by atoms with van der Waals surface area (Å²) in [5.41, 5.74) is 5.37. The number of hydrogen-bond acceptors (Lipinski definition) is 6. The van der Waals surface area contributed by atoms with Crippen LogP contribution in [0.15, 0.2) is 36.5 Å². The van der Waals surface area contributed by atoms with Gasteiger partial charge in [-0.1, -0.05) is 198 Å². The van der Waals surface area contributed by atoms with Crippen molar-refractivity contribution < 1.29 is 28.4 Å². The first-order chi connectivity index (χ1) is 26.4. The minimum absolute atomic E-state index is 0.0727. The van der Waals surface area contributed by atoms with E-state index in [-0.39, 0.29) is 25.7 Å². The highest BCUT2D eigenvalue weighted by atomic mass is 31.2. The third-order valence-electron chi connectivity index (χ3n) is 9.95. The number of nitrogens with one attached hydrogen (secondary N) is 1. The Hall–Kier alpha value is -1.28. The van der Waals surface area contributed by atoms with Crippen LogP contribution < -0.4 is 11.1 Å². The van der Waals surface area contributed by atoms with Gasteiger partial charge in [-0.2, -0.15) is 0 Å². The van der Waals surface area contributed by atoms with Gasteiger partial charge in [0, 0.05) is 13.0 Å².